The average Bonchev–Trinajstić information content (AvgIpc) is 2.08. The van der Waals surface area contributed by atoms with Gasteiger partial charge in [-0.25, -0.2) is 0 Å². The Morgan fingerprint density at radius 2 is 2.17 bits per heavy atom. The van der Waals surface area contributed by atoms with Gasteiger partial charge >= 0.3 is 0 Å². The van der Waals surface area contributed by atoms with Gasteiger partial charge in [0.1, 0.15) is 0 Å². The minimum Gasteiger partial charge on any atom is -0.395 e. The SMILES string of the molecule is C[C](CO)c1ccc(Cl)c(C)c1. The summed E-state index contributed by atoms with van der Waals surface area (Å²) in [6, 6.07) is 5.75. The number of rotatable bonds is 2. The van der Waals surface area contributed by atoms with Crippen molar-refractivity contribution in [2.45, 2.75) is 13.8 Å². The minimum absolute atomic E-state index is 0.0983. The van der Waals surface area contributed by atoms with Gasteiger partial charge in [-0.05, 0) is 24.1 Å². The lowest BCUT2D eigenvalue weighted by atomic mass is 10.0. The molecule has 0 bridgehead atoms. The molecule has 0 saturated heterocycles. The van der Waals surface area contributed by atoms with E-state index in [0.29, 0.717) is 0 Å². The maximum absolute atomic E-state index is 8.88. The minimum atomic E-state index is 0.0983. The second kappa shape index (κ2) is 3.92. The van der Waals surface area contributed by atoms with Gasteiger partial charge < -0.3 is 5.11 Å². The van der Waals surface area contributed by atoms with E-state index in [-0.39, 0.29) is 6.61 Å². The molecule has 1 aromatic carbocycles. The van der Waals surface area contributed by atoms with Crippen LogP contribution in [0.25, 0.3) is 0 Å². The van der Waals surface area contributed by atoms with Crippen molar-refractivity contribution in [2.24, 2.45) is 0 Å². The van der Waals surface area contributed by atoms with E-state index in [9.17, 15) is 0 Å². The predicted octanol–water partition coefficient (Wildman–Crippen LogP) is 2.58. The molecule has 0 aliphatic heterocycles. The van der Waals surface area contributed by atoms with E-state index < -0.39 is 0 Å². The Balaban J connectivity index is 2.96. The molecule has 1 radical (unpaired) electrons. The molecule has 0 aliphatic rings. The number of hydrogen-bond donors (Lipinski definition) is 1. The van der Waals surface area contributed by atoms with Gasteiger partial charge in [0.05, 0.1) is 6.61 Å². The lowest BCUT2D eigenvalue weighted by Crippen LogP contribution is -1.99. The van der Waals surface area contributed by atoms with E-state index in [1.807, 2.05) is 32.0 Å². The number of benzene rings is 1. The lowest BCUT2D eigenvalue weighted by Gasteiger charge is -2.08. The standard InChI is InChI=1S/C10H12ClO/c1-7-5-9(8(2)6-12)3-4-10(7)11/h3-5,12H,6H2,1-2H3. The van der Waals surface area contributed by atoms with Gasteiger partial charge in [0.15, 0.2) is 0 Å². The van der Waals surface area contributed by atoms with Crippen LogP contribution in [0.4, 0.5) is 0 Å². The molecule has 1 nitrogen and oxygen atoms in total. The van der Waals surface area contributed by atoms with Gasteiger partial charge in [-0.3, -0.25) is 0 Å². The van der Waals surface area contributed by atoms with Gasteiger partial charge in [0, 0.05) is 10.9 Å². The van der Waals surface area contributed by atoms with Gasteiger partial charge in [0.25, 0.3) is 0 Å². The monoisotopic (exact) mass is 183 g/mol. The molecule has 0 amide bonds. The summed E-state index contributed by atoms with van der Waals surface area (Å²) in [5.41, 5.74) is 2.10. The van der Waals surface area contributed by atoms with Crippen molar-refractivity contribution in [1.82, 2.24) is 0 Å². The highest BCUT2D eigenvalue weighted by Gasteiger charge is 2.05. The van der Waals surface area contributed by atoms with Crippen molar-refractivity contribution >= 4 is 11.6 Å². The van der Waals surface area contributed by atoms with E-state index in [4.69, 9.17) is 16.7 Å². The van der Waals surface area contributed by atoms with E-state index in [1.165, 1.54) is 0 Å². The molecule has 0 heterocycles. The van der Waals surface area contributed by atoms with E-state index in [1.54, 1.807) is 0 Å². The average molecular weight is 184 g/mol. The van der Waals surface area contributed by atoms with Crippen molar-refractivity contribution < 1.29 is 5.11 Å². The first-order valence-corrected chi connectivity index (χ1v) is 4.22. The molecule has 0 spiro atoms. The Morgan fingerprint density at radius 3 is 2.67 bits per heavy atom. The van der Waals surface area contributed by atoms with Gasteiger partial charge in [-0.15, -0.1) is 0 Å². The molecule has 65 valence electrons. The summed E-state index contributed by atoms with van der Waals surface area (Å²) in [6.07, 6.45) is 0. The second-order valence-corrected chi connectivity index (χ2v) is 3.31. The Labute approximate surface area is 78.0 Å². The van der Waals surface area contributed by atoms with Crippen LogP contribution in [0.2, 0.25) is 5.02 Å². The first-order valence-electron chi connectivity index (χ1n) is 3.85. The Morgan fingerprint density at radius 1 is 1.50 bits per heavy atom. The molecule has 1 rings (SSSR count). The molecule has 0 saturated carbocycles. The fourth-order valence-electron chi connectivity index (χ4n) is 1.00. The topological polar surface area (TPSA) is 20.2 Å². The third kappa shape index (κ3) is 1.99. The largest absolute Gasteiger partial charge is 0.395 e. The fourth-order valence-corrected chi connectivity index (χ4v) is 1.12. The number of aliphatic hydroxyl groups is 1. The highest BCUT2D eigenvalue weighted by molar-refractivity contribution is 6.31. The number of hydrogen-bond acceptors (Lipinski definition) is 1. The van der Waals surface area contributed by atoms with Crippen molar-refractivity contribution in [3.63, 3.8) is 0 Å². The molecule has 0 unspecified atom stereocenters. The summed E-state index contributed by atoms with van der Waals surface area (Å²) in [5, 5.41) is 9.65. The van der Waals surface area contributed by atoms with Crippen molar-refractivity contribution in [3.8, 4) is 0 Å². The van der Waals surface area contributed by atoms with Crippen molar-refractivity contribution in [2.75, 3.05) is 6.61 Å². The van der Waals surface area contributed by atoms with Crippen LogP contribution in [0.1, 0.15) is 18.1 Å². The number of halogens is 1. The highest BCUT2D eigenvalue weighted by Crippen LogP contribution is 2.20. The van der Waals surface area contributed by atoms with Gasteiger partial charge in [0.2, 0.25) is 0 Å². The molecular weight excluding hydrogens is 172 g/mol. The van der Waals surface area contributed by atoms with Crippen LogP contribution in [-0.2, 0) is 0 Å². The lowest BCUT2D eigenvalue weighted by molar-refractivity contribution is 0.315. The maximum atomic E-state index is 8.88. The highest BCUT2D eigenvalue weighted by atomic mass is 35.5. The zero-order valence-electron chi connectivity index (χ0n) is 7.26. The van der Waals surface area contributed by atoms with E-state index >= 15 is 0 Å². The van der Waals surface area contributed by atoms with E-state index in [2.05, 4.69) is 0 Å². The summed E-state index contributed by atoms with van der Waals surface area (Å²) < 4.78 is 0. The fraction of sp³-hybridized carbons (Fsp3) is 0.300. The Hall–Kier alpha value is -0.530. The molecule has 1 N–H and O–H groups in total. The van der Waals surface area contributed by atoms with Crippen LogP contribution in [-0.4, -0.2) is 11.7 Å². The van der Waals surface area contributed by atoms with Crippen molar-refractivity contribution in [3.05, 3.63) is 40.3 Å². The third-order valence-electron chi connectivity index (χ3n) is 1.89. The van der Waals surface area contributed by atoms with Crippen LogP contribution in [0, 0.1) is 12.8 Å². The van der Waals surface area contributed by atoms with Gasteiger partial charge in [-0.2, -0.15) is 0 Å². The maximum Gasteiger partial charge on any atom is 0.0534 e. The molecule has 12 heavy (non-hydrogen) atoms. The van der Waals surface area contributed by atoms with Crippen molar-refractivity contribution in [1.29, 1.82) is 0 Å². The normalized spacial score (nSPS) is 10.8. The molecule has 1 aromatic rings. The van der Waals surface area contributed by atoms with E-state index in [0.717, 1.165) is 22.1 Å². The molecule has 0 aromatic heterocycles. The molecule has 2 heteroatoms. The van der Waals surface area contributed by atoms with Crippen LogP contribution in [0.3, 0.4) is 0 Å². The quantitative estimate of drug-likeness (QED) is 0.748. The van der Waals surface area contributed by atoms with Crippen LogP contribution < -0.4 is 0 Å². The molecule has 0 fully saturated rings. The Kier molecular flexibility index (Phi) is 3.12. The molecular formula is C10H12ClO. The molecule has 0 aliphatic carbocycles. The molecule has 0 atom stereocenters. The number of aryl methyl sites for hydroxylation is 1. The first-order chi connectivity index (χ1) is 5.65. The summed E-state index contributed by atoms with van der Waals surface area (Å²) >= 11 is 5.86. The van der Waals surface area contributed by atoms with Gasteiger partial charge in [-0.1, -0.05) is 30.7 Å². The summed E-state index contributed by atoms with van der Waals surface area (Å²) in [7, 11) is 0. The predicted molar refractivity (Wildman–Crippen MR) is 51.3 cm³/mol. The zero-order chi connectivity index (χ0) is 9.14. The summed E-state index contributed by atoms with van der Waals surface area (Å²) in [4.78, 5) is 0. The first kappa shape index (κ1) is 9.56. The second-order valence-electron chi connectivity index (χ2n) is 2.90. The number of aliphatic hydroxyl groups excluding tert-OH is 1. The summed E-state index contributed by atoms with van der Waals surface area (Å²) in [6.45, 7) is 3.96. The smallest absolute Gasteiger partial charge is 0.0534 e. The van der Waals surface area contributed by atoms with Crippen LogP contribution in [0.15, 0.2) is 18.2 Å². The van der Waals surface area contributed by atoms with Crippen LogP contribution in [0.5, 0.6) is 0 Å². The summed E-state index contributed by atoms with van der Waals surface area (Å²) in [5.74, 6) is 0.967. The third-order valence-corrected chi connectivity index (χ3v) is 2.31. The Bertz CT molecular complexity index is 271. The van der Waals surface area contributed by atoms with Crippen LogP contribution >= 0.6 is 11.6 Å². The zero-order valence-corrected chi connectivity index (χ0v) is 8.02.